The molecule has 3 aliphatic rings. The van der Waals surface area contributed by atoms with E-state index in [-0.39, 0.29) is 11.8 Å². The Bertz CT molecular complexity index is 1020. The van der Waals surface area contributed by atoms with Crippen molar-refractivity contribution in [3.8, 4) is 5.75 Å². The molecule has 2 atom stereocenters. The Hall–Kier alpha value is -2.70. The van der Waals surface area contributed by atoms with E-state index < -0.39 is 5.41 Å². The van der Waals surface area contributed by atoms with Gasteiger partial charge in [-0.25, -0.2) is 0 Å². The summed E-state index contributed by atoms with van der Waals surface area (Å²) >= 11 is 0. The number of carbonyl (C=O) groups is 1. The van der Waals surface area contributed by atoms with Crippen molar-refractivity contribution in [1.29, 1.82) is 0 Å². The molecule has 1 fully saturated rings. The highest BCUT2D eigenvalue weighted by molar-refractivity contribution is 6.43. The molecule has 2 unspecified atom stereocenters. The van der Waals surface area contributed by atoms with Gasteiger partial charge in [-0.15, -0.1) is 0 Å². The molecule has 0 amide bonds. The van der Waals surface area contributed by atoms with Crippen molar-refractivity contribution in [2.75, 3.05) is 44.5 Å². The Morgan fingerprint density at radius 1 is 1.16 bits per heavy atom. The average Bonchev–Trinajstić information content (AvgIpc) is 3.16. The number of nitrogens with zero attached hydrogens (tertiary/aromatic N) is 3. The highest BCUT2D eigenvalue weighted by atomic mass is 16.5. The molecule has 0 saturated carbocycles. The minimum atomic E-state index is -0.499. The van der Waals surface area contributed by atoms with Gasteiger partial charge in [0, 0.05) is 20.0 Å². The summed E-state index contributed by atoms with van der Waals surface area (Å²) in [5.74, 6) is 0.861. The number of morpholine rings is 1. The molecule has 3 aliphatic heterocycles. The van der Waals surface area contributed by atoms with Crippen LogP contribution >= 0.6 is 0 Å². The summed E-state index contributed by atoms with van der Waals surface area (Å²) in [6, 6.07) is 16.5. The van der Waals surface area contributed by atoms with Crippen LogP contribution < -0.4 is 9.75 Å². The van der Waals surface area contributed by atoms with E-state index in [0.29, 0.717) is 12.3 Å². The minimum absolute atomic E-state index is 0.0313. The van der Waals surface area contributed by atoms with Gasteiger partial charge in [-0.2, -0.15) is 5.10 Å². The maximum absolute atomic E-state index is 13.0. The highest BCUT2D eigenvalue weighted by Crippen LogP contribution is 2.48. The normalized spacial score (nSPS) is 25.0. The van der Waals surface area contributed by atoms with Gasteiger partial charge in [0.25, 0.3) is 0 Å². The van der Waals surface area contributed by atoms with Gasteiger partial charge in [0.05, 0.1) is 18.6 Å². The molecule has 0 aromatic heterocycles. The summed E-state index contributed by atoms with van der Waals surface area (Å²) in [4.78, 5) is 15.5. The van der Waals surface area contributed by atoms with Crippen LogP contribution in [0.1, 0.15) is 30.9 Å². The molecule has 168 valence electrons. The first-order valence-corrected chi connectivity index (χ1v) is 11.6. The van der Waals surface area contributed by atoms with Gasteiger partial charge in [0.1, 0.15) is 29.8 Å². The third kappa shape index (κ3) is 3.61. The minimum Gasteiger partial charge on any atom is -0.489 e. The van der Waals surface area contributed by atoms with E-state index in [2.05, 4.69) is 53.2 Å². The molecule has 0 aliphatic carbocycles. The van der Waals surface area contributed by atoms with E-state index in [1.54, 1.807) is 6.92 Å². The fourth-order valence-corrected chi connectivity index (χ4v) is 5.45. The average molecular weight is 434 g/mol. The number of hydrogen-bond acceptors (Lipinski definition) is 6. The van der Waals surface area contributed by atoms with Crippen LogP contribution in [0.25, 0.3) is 0 Å². The van der Waals surface area contributed by atoms with Gasteiger partial charge in [-0.3, -0.25) is 14.7 Å². The second kappa shape index (κ2) is 8.68. The van der Waals surface area contributed by atoms with Crippen molar-refractivity contribution in [3.63, 3.8) is 0 Å². The summed E-state index contributed by atoms with van der Waals surface area (Å²) in [5, 5.41) is 7.03. The van der Waals surface area contributed by atoms with Crippen molar-refractivity contribution in [3.05, 3.63) is 59.7 Å². The third-order valence-electron chi connectivity index (χ3n) is 7.02. The molecular formula is C26H31N3O3. The molecule has 3 heterocycles. The molecule has 0 spiro atoms. The largest absolute Gasteiger partial charge is 0.489 e. The van der Waals surface area contributed by atoms with Crippen LogP contribution in [0.4, 0.5) is 5.69 Å². The number of anilines is 1. The smallest absolute Gasteiger partial charge is 0.176 e. The van der Waals surface area contributed by atoms with Crippen molar-refractivity contribution >= 4 is 17.2 Å². The first-order valence-electron chi connectivity index (χ1n) is 11.6. The monoisotopic (exact) mass is 433 g/mol. The Labute approximate surface area is 189 Å². The lowest BCUT2D eigenvalue weighted by Crippen LogP contribution is -2.54. The van der Waals surface area contributed by atoms with Crippen LogP contribution in [0.5, 0.6) is 5.75 Å². The van der Waals surface area contributed by atoms with Crippen molar-refractivity contribution in [2.45, 2.75) is 38.1 Å². The number of carbonyl (C=O) groups excluding carboxylic acids is 1. The van der Waals surface area contributed by atoms with E-state index in [1.165, 1.54) is 0 Å². The third-order valence-corrected chi connectivity index (χ3v) is 7.02. The molecule has 6 heteroatoms. The summed E-state index contributed by atoms with van der Waals surface area (Å²) < 4.78 is 11.7. The van der Waals surface area contributed by atoms with Gasteiger partial charge in [-0.05, 0) is 49.6 Å². The van der Waals surface area contributed by atoms with Gasteiger partial charge >= 0.3 is 0 Å². The molecule has 1 saturated heterocycles. The molecule has 6 nitrogen and oxygen atoms in total. The van der Waals surface area contributed by atoms with Crippen LogP contribution in [0.3, 0.4) is 0 Å². The number of hydrazone groups is 1. The van der Waals surface area contributed by atoms with E-state index in [0.717, 1.165) is 68.3 Å². The molecule has 0 N–H and O–H groups in total. The molecule has 2 aromatic rings. The van der Waals surface area contributed by atoms with Crippen LogP contribution in [-0.4, -0.2) is 61.9 Å². The van der Waals surface area contributed by atoms with Gasteiger partial charge in [0.2, 0.25) is 0 Å². The second-order valence-corrected chi connectivity index (χ2v) is 9.04. The fourth-order valence-electron chi connectivity index (χ4n) is 5.45. The lowest BCUT2D eigenvalue weighted by atomic mass is 9.67. The second-order valence-electron chi connectivity index (χ2n) is 9.04. The Morgan fingerprint density at radius 3 is 2.69 bits per heavy atom. The molecular weight excluding hydrogens is 402 g/mol. The maximum Gasteiger partial charge on any atom is 0.176 e. The number of rotatable bonds is 6. The van der Waals surface area contributed by atoms with Crippen LogP contribution in [-0.2, 0) is 14.9 Å². The zero-order chi connectivity index (χ0) is 22.1. The maximum atomic E-state index is 13.0. The van der Waals surface area contributed by atoms with E-state index in [4.69, 9.17) is 14.6 Å². The molecule has 0 bridgehead atoms. The summed E-state index contributed by atoms with van der Waals surface area (Å²) in [6.07, 6.45) is 1.82. The number of ether oxygens (including phenoxy) is 2. The number of benzene rings is 2. The first kappa shape index (κ1) is 21.2. The molecule has 5 rings (SSSR count). The summed E-state index contributed by atoms with van der Waals surface area (Å²) in [6.45, 7) is 8.75. The van der Waals surface area contributed by atoms with Gasteiger partial charge in [-0.1, -0.05) is 36.4 Å². The topological polar surface area (TPSA) is 54.4 Å². The van der Waals surface area contributed by atoms with Crippen molar-refractivity contribution < 1.29 is 14.3 Å². The zero-order valence-corrected chi connectivity index (χ0v) is 18.9. The van der Waals surface area contributed by atoms with Crippen molar-refractivity contribution in [2.24, 2.45) is 5.10 Å². The number of hydrogen-bond donors (Lipinski definition) is 0. The standard InChI is InChI=1S/C26H31N3O3/c1-19-9-10-23-22(17-19)29-24(18-32-23)26(25(27-29)20(2)30,21-7-4-3-5-8-21)11-6-12-28-13-15-31-16-14-28/h3-5,7-10,17,24H,6,11-16,18H2,1-2H3. The Morgan fingerprint density at radius 2 is 1.94 bits per heavy atom. The highest BCUT2D eigenvalue weighted by Gasteiger charge is 2.55. The SMILES string of the molecule is CC(=O)C1=NN2c3cc(C)ccc3OCC2C1(CCCN1CCOCC1)c1ccccc1. The number of aryl methyl sites for hydroxylation is 1. The molecule has 0 radical (unpaired) electrons. The van der Waals surface area contributed by atoms with Crippen molar-refractivity contribution in [1.82, 2.24) is 4.90 Å². The van der Waals surface area contributed by atoms with Gasteiger partial charge in [0.15, 0.2) is 5.78 Å². The van der Waals surface area contributed by atoms with Crippen LogP contribution in [0.2, 0.25) is 0 Å². The number of ketones is 1. The van der Waals surface area contributed by atoms with Crippen LogP contribution in [0.15, 0.2) is 53.6 Å². The fraction of sp³-hybridized carbons (Fsp3) is 0.462. The van der Waals surface area contributed by atoms with Crippen LogP contribution in [0, 0.1) is 6.92 Å². The molecule has 2 aromatic carbocycles. The summed E-state index contributed by atoms with van der Waals surface area (Å²) in [5.41, 5.74) is 3.39. The van der Waals surface area contributed by atoms with E-state index >= 15 is 0 Å². The lowest BCUT2D eigenvalue weighted by molar-refractivity contribution is -0.111. The predicted molar refractivity (Wildman–Crippen MR) is 126 cm³/mol. The predicted octanol–water partition coefficient (Wildman–Crippen LogP) is 3.57. The van der Waals surface area contributed by atoms with E-state index in [9.17, 15) is 4.79 Å². The molecule has 32 heavy (non-hydrogen) atoms. The lowest BCUT2D eigenvalue weighted by Gasteiger charge is -2.42. The zero-order valence-electron chi connectivity index (χ0n) is 18.9. The van der Waals surface area contributed by atoms with Gasteiger partial charge < -0.3 is 9.47 Å². The number of fused-ring (bicyclic) bond motifs is 3. The first-order chi connectivity index (χ1) is 15.6. The Kier molecular flexibility index (Phi) is 5.74. The van der Waals surface area contributed by atoms with E-state index in [1.807, 2.05) is 12.1 Å². The number of Topliss-reactive ketones (excluding diaryl/α,β-unsaturated/α-hetero) is 1. The Balaban J connectivity index is 1.54. The quantitative estimate of drug-likeness (QED) is 0.697. The summed E-state index contributed by atoms with van der Waals surface area (Å²) in [7, 11) is 0.